The third-order valence-electron chi connectivity index (χ3n) is 2.91. The van der Waals surface area contributed by atoms with Crippen LogP contribution in [0.4, 0.5) is 5.69 Å². The van der Waals surface area contributed by atoms with Gasteiger partial charge in [-0.15, -0.1) is 11.3 Å². The van der Waals surface area contributed by atoms with Crippen LogP contribution in [0.5, 0.6) is 0 Å². The lowest BCUT2D eigenvalue weighted by molar-refractivity contribution is 0.0988. The molecule has 0 spiro atoms. The molecule has 5 heteroatoms. The van der Waals surface area contributed by atoms with Crippen LogP contribution < -0.4 is 10.6 Å². The number of anilines is 1. The number of rotatable bonds is 4. The summed E-state index contributed by atoms with van der Waals surface area (Å²) in [5.41, 5.74) is 7.94. The molecule has 0 aliphatic carbocycles. The normalized spacial score (nSPS) is 10.5. The number of hydrogen-bond acceptors (Lipinski definition) is 4. The first-order valence-electron chi connectivity index (χ1n) is 6.11. The number of carbonyl (C=O) groups is 1. The van der Waals surface area contributed by atoms with Gasteiger partial charge in [0.25, 0.3) is 5.91 Å². The van der Waals surface area contributed by atoms with Crippen LogP contribution in [-0.2, 0) is 6.42 Å². The Hall–Kier alpha value is -1.72. The fourth-order valence-electron chi connectivity index (χ4n) is 1.87. The molecule has 100 valence electrons. The van der Waals surface area contributed by atoms with Gasteiger partial charge in [-0.1, -0.05) is 18.2 Å². The standard InChI is InChI=1S/C14H17N3OS/c1-10-5-3-4-6-12(10)17(2)14(18)11-9-19-13(16-11)7-8-15/h3-6,9H,7-8,15H2,1-2H3. The Bertz CT molecular complexity index is 580. The molecule has 0 atom stereocenters. The average Bonchev–Trinajstić information content (AvgIpc) is 2.87. The third kappa shape index (κ3) is 3.00. The largest absolute Gasteiger partial charge is 0.330 e. The van der Waals surface area contributed by atoms with Gasteiger partial charge in [0.15, 0.2) is 0 Å². The minimum atomic E-state index is -0.0891. The summed E-state index contributed by atoms with van der Waals surface area (Å²) in [7, 11) is 1.77. The van der Waals surface area contributed by atoms with Crippen molar-refractivity contribution in [3.63, 3.8) is 0 Å². The Morgan fingerprint density at radius 1 is 1.42 bits per heavy atom. The fraction of sp³-hybridized carbons (Fsp3) is 0.286. The summed E-state index contributed by atoms with van der Waals surface area (Å²) < 4.78 is 0. The van der Waals surface area contributed by atoms with E-state index in [9.17, 15) is 4.79 Å². The maximum absolute atomic E-state index is 12.4. The molecule has 2 N–H and O–H groups in total. The van der Waals surface area contributed by atoms with E-state index in [4.69, 9.17) is 5.73 Å². The van der Waals surface area contributed by atoms with E-state index in [-0.39, 0.29) is 5.91 Å². The van der Waals surface area contributed by atoms with Gasteiger partial charge in [0.05, 0.1) is 5.01 Å². The van der Waals surface area contributed by atoms with Crippen molar-refractivity contribution < 1.29 is 4.79 Å². The molecule has 0 aliphatic rings. The highest BCUT2D eigenvalue weighted by Gasteiger charge is 2.17. The Kier molecular flexibility index (Phi) is 4.29. The minimum Gasteiger partial charge on any atom is -0.330 e. The smallest absolute Gasteiger partial charge is 0.277 e. The highest BCUT2D eigenvalue weighted by molar-refractivity contribution is 7.09. The highest BCUT2D eigenvalue weighted by Crippen LogP contribution is 2.20. The Labute approximate surface area is 116 Å². The van der Waals surface area contributed by atoms with Crippen molar-refractivity contribution >= 4 is 22.9 Å². The topological polar surface area (TPSA) is 59.2 Å². The van der Waals surface area contributed by atoms with E-state index >= 15 is 0 Å². The van der Waals surface area contributed by atoms with Crippen LogP contribution in [0.15, 0.2) is 29.6 Å². The van der Waals surface area contributed by atoms with E-state index in [0.29, 0.717) is 18.7 Å². The second-order valence-electron chi connectivity index (χ2n) is 4.32. The molecule has 0 fully saturated rings. The van der Waals surface area contributed by atoms with Gasteiger partial charge < -0.3 is 10.6 Å². The van der Waals surface area contributed by atoms with Crippen LogP contribution in [0.2, 0.25) is 0 Å². The summed E-state index contributed by atoms with van der Waals surface area (Å²) in [6, 6.07) is 7.80. The Morgan fingerprint density at radius 2 is 2.16 bits per heavy atom. The number of benzene rings is 1. The van der Waals surface area contributed by atoms with Crippen LogP contribution in [0.25, 0.3) is 0 Å². The predicted octanol–water partition coefficient (Wildman–Crippen LogP) is 2.23. The van der Waals surface area contributed by atoms with Crippen LogP contribution in [-0.4, -0.2) is 24.5 Å². The number of amides is 1. The number of hydrogen-bond donors (Lipinski definition) is 1. The molecule has 1 heterocycles. The first-order chi connectivity index (χ1) is 9.13. The summed E-state index contributed by atoms with van der Waals surface area (Å²) in [4.78, 5) is 18.3. The maximum atomic E-state index is 12.4. The van der Waals surface area contributed by atoms with Crippen LogP contribution in [0.1, 0.15) is 21.1 Å². The molecule has 1 aromatic carbocycles. The number of thiazole rings is 1. The number of para-hydroxylation sites is 1. The van der Waals surface area contributed by atoms with Gasteiger partial charge in [-0.2, -0.15) is 0 Å². The summed E-state index contributed by atoms with van der Waals surface area (Å²) in [6.45, 7) is 2.54. The number of aromatic nitrogens is 1. The summed E-state index contributed by atoms with van der Waals surface area (Å²) in [6.07, 6.45) is 0.714. The molecular formula is C14H17N3OS. The molecule has 0 unspecified atom stereocenters. The van der Waals surface area contributed by atoms with Gasteiger partial charge in [0.1, 0.15) is 5.69 Å². The molecule has 4 nitrogen and oxygen atoms in total. The summed E-state index contributed by atoms with van der Waals surface area (Å²) >= 11 is 1.48. The molecular weight excluding hydrogens is 258 g/mol. The molecule has 2 aromatic rings. The van der Waals surface area contributed by atoms with Gasteiger partial charge in [-0.25, -0.2) is 4.98 Å². The summed E-state index contributed by atoms with van der Waals surface area (Å²) in [5, 5.41) is 2.70. The second-order valence-corrected chi connectivity index (χ2v) is 5.26. The maximum Gasteiger partial charge on any atom is 0.277 e. The second kappa shape index (κ2) is 5.95. The highest BCUT2D eigenvalue weighted by atomic mass is 32.1. The number of nitrogens with zero attached hydrogens (tertiary/aromatic N) is 2. The molecule has 0 bridgehead atoms. The van der Waals surface area contributed by atoms with Crippen molar-refractivity contribution in [1.29, 1.82) is 0 Å². The molecule has 0 saturated carbocycles. The van der Waals surface area contributed by atoms with E-state index in [0.717, 1.165) is 16.3 Å². The van der Waals surface area contributed by atoms with Gasteiger partial charge in [0, 0.05) is 24.5 Å². The third-order valence-corrected chi connectivity index (χ3v) is 3.82. The van der Waals surface area contributed by atoms with E-state index in [2.05, 4.69) is 4.98 Å². The molecule has 0 saturated heterocycles. The number of carbonyl (C=O) groups excluding carboxylic acids is 1. The quantitative estimate of drug-likeness (QED) is 0.931. The zero-order valence-corrected chi connectivity index (χ0v) is 11.9. The van der Waals surface area contributed by atoms with E-state index in [1.807, 2.05) is 31.2 Å². The van der Waals surface area contributed by atoms with E-state index < -0.39 is 0 Å². The Morgan fingerprint density at radius 3 is 2.84 bits per heavy atom. The van der Waals surface area contributed by atoms with Crippen molar-refractivity contribution in [3.05, 3.63) is 45.9 Å². The molecule has 19 heavy (non-hydrogen) atoms. The van der Waals surface area contributed by atoms with Gasteiger partial charge in [-0.05, 0) is 25.1 Å². The van der Waals surface area contributed by atoms with Crippen molar-refractivity contribution in [3.8, 4) is 0 Å². The minimum absolute atomic E-state index is 0.0891. The predicted molar refractivity (Wildman–Crippen MR) is 78.8 cm³/mol. The molecule has 0 aliphatic heterocycles. The zero-order chi connectivity index (χ0) is 13.8. The lowest BCUT2D eigenvalue weighted by Gasteiger charge is -2.18. The van der Waals surface area contributed by atoms with Crippen molar-refractivity contribution in [2.24, 2.45) is 5.73 Å². The molecule has 2 rings (SSSR count). The van der Waals surface area contributed by atoms with Crippen molar-refractivity contribution in [2.45, 2.75) is 13.3 Å². The van der Waals surface area contributed by atoms with Gasteiger partial charge >= 0.3 is 0 Å². The fourth-order valence-corrected chi connectivity index (χ4v) is 2.66. The van der Waals surface area contributed by atoms with Crippen molar-refractivity contribution in [2.75, 3.05) is 18.5 Å². The first kappa shape index (κ1) is 13.7. The molecule has 0 radical (unpaired) electrons. The first-order valence-corrected chi connectivity index (χ1v) is 6.99. The van der Waals surface area contributed by atoms with Crippen LogP contribution in [0.3, 0.4) is 0 Å². The SMILES string of the molecule is Cc1ccccc1N(C)C(=O)c1csc(CCN)n1. The van der Waals surface area contributed by atoms with Gasteiger partial charge in [-0.3, -0.25) is 4.79 Å². The molecule has 1 aromatic heterocycles. The van der Waals surface area contributed by atoms with Crippen molar-refractivity contribution in [1.82, 2.24) is 4.98 Å². The summed E-state index contributed by atoms with van der Waals surface area (Å²) in [5.74, 6) is -0.0891. The number of nitrogens with two attached hydrogens (primary N) is 1. The van der Waals surface area contributed by atoms with E-state index in [1.165, 1.54) is 11.3 Å². The zero-order valence-electron chi connectivity index (χ0n) is 11.1. The van der Waals surface area contributed by atoms with Gasteiger partial charge in [0.2, 0.25) is 0 Å². The Balaban J connectivity index is 2.21. The average molecular weight is 275 g/mol. The monoisotopic (exact) mass is 275 g/mol. The lowest BCUT2D eigenvalue weighted by Crippen LogP contribution is -2.27. The molecule has 1 amide bonds. The van der Waals surface area contributed by atoms with E-state index in [1.54, 1.807) is 17.3 Å². The lowest BCUT2D eigenvalue weighted by atomic mass is 10.2. The number of aryl methyl sites for hydroxylation is 1. The van der Waals surface area contributed by atoms with Crippen LogP contribution >= 0.6 is 11.3 Å². The van der Waals surface area contributed by atoms with Crippen LogP contribution in [0, 0.1) is 6.92 Å².